The van der Waals surface area contributed by atoms with Crippen molar-refractivity contribution in [1.29, 1.82) is 0 Å². The van der Waals surface area contributed by atoms with Crippen LogP contribution in [0.3, 0.4) is 0 Å². The summed E-state index contributed by atoms with van der Waals surface area (Å²) in [6, 6.07) is 0. The molecule has 0 bridgehead atoms. The van der Waals surface area contributed by atoms with Crippen LogP contribution in [-0.2, 0) is 9.59 Å². The van der Waals surface area contributed by atoms with Crippen molar-refractivity contribution in [2.75, 3.05) is 18.1 Å². The van der Waals surface area contributed by atoms with E-state index >= 15 is 0 Å². The van der Waals surface area contributed by atoms with Gasteiger partial charge in [-0.1, -0.05) is 34.1 Å². The molecule has 0 saturated heterocycles. The van der Waals surface area contributed by atoms with Crippen molar-refractivity contribution >= 4 is 33.2 Å². The highest BCUT2D eigenvalue weighted by Gasteiger charge is 2.60. The molecule has 0 radical (unpaired) electrons. The van der Waals surface area contributed by atoms with Crippen LogP contribution in [0, 0.1) is 28.6 Å². The fourth-order valence-electron chi connectivity index (χ4n) is 6.73. The van der Waals surface area contributed by atoms with Gasteiger partial charge in [-0.2, -0.15) is 0 Å². The molecule has 4 nitrogen and oxygen atoms in total. The van der Waals surface area contributed by atoms with Gasteiger partial charge in [0.2, 0.25) is 0 Å². The van der Waals surface area contributed by atoms with E-state index < -0.39 is 6.10 Å². The van der Waals surface area contributed by atoms with Crippen LogP contribution >= 0.6 is 21.6 Å². The highest BCUT2D eigenvalue weighted by molar-refractivity contribution is 8.76. The van der Waals surface area contributed by atoms with E-state index in [1.54, 1.807) is 21.6 Å². The van der Waals surface area contributed by atoms with Gasteiger partial charge in [0.1, 0.15) is 5.78 Å². The third-order valence-electron chi connectivity index (χ3n) is 8.27. The summed E-state index contributed by atoms with van der Waals surface area (Å²) >= 11 is 0. The second kappa shape index (κ2) is 8.09. The molecule has 1 unspecified atom stereocenters. The number of aliphatic hydroxyl groups is 2. The van der Waals surface area contributed by atoms with Crippen LogP contribution in [0.5, 0.6) is 0 Å². The number of rotatable bonds is 6. The van der Waals surface area contributed by atoms with Crippen molar-refractivity contribution in [2.24, 2.45) is 28.6 Å². The summed E-state index contributed by atoms with van der Waals surface area (Å²) in [5.41, 5.74) is 1.32. The third kappa shape index (κ3) is 3.42. The number of carbonyl (C=O) groups is 2. The highest BCUT2D eigenvalue weighted by atomic mass is 33.1. The number of carbonyl (C=O) groups excluding carboxylic acids is 2. The number of aliphatic hydroxyl groups excluding tert-OH is 2. The fraction of sp³-hybridized carbons (Fsp3) is 0.818. The minimum Gasteiger partial charge on any atom is -0.394 e. The van der Waals surface area contributed by atoms with Gasteiger partial charge in [0, 0.05) is 35.2 Å². The molecule has 4 aliphatic carbocycles. The standard InChI is InChI=1S/C22H32O4S2/c1-21-8-7-19-17(18(21)4-5-20(21)26)3-2-14-10-15(24)6-9-22(14,19)13-28-27-12-16(25)11-23/h10,16-19,23,25H,2-9,11-13H2,1H3/t16?,17-,18-,19-,21-,22+/m0/s1. The molecule has 0 heterocycles. The summed E-state index contributed by atoms with van der Waals surface area (Å²) in [5, 5.41) is 18.7. The highest BCUT2D eigenvalue weighted by Crippen LogP contribution is 2.65. The van der Waals surface area contributed by atoms with E-state index in [9.17, 15) is 14.7 Å². The maximum absolute atomic E-state index is 12.6. The molecule has 0 aromatic heterocycles. The molecule has 3 fully saturated rings. The Morgan fingerprint density at radius 3 is 2.71 bits per heavy atom. The van der Waals surface area contributed by atoms with E-state index in [-0.39, 0.29) is 23.2 Å². The second-order valence-corrected chi connectivity index (χ2v) is 12.0. The lowest BCUT2D eigenvalue weighted by Gasteiger charge is -2.58. The predicted octanol–water partition coefficient (Wildman–Crippen LogP) is 3.80. The number of hydrogen-bond donors (Lipinski definition) is 2. The maximum Gasteiger partial charge on any atom is 0.155 e. The normalized spacial score (nSPS) is 41.1. The molecule has 0 aromatic rings. The Balaban J connectivity index is 1.57. The Bertz CT molecular complexity index is 677. The quantitative estimate of drug-likeness (QED) is 0.499. The predicted molar refractivity (Wildman–Crippen MR) is 114 cm³/mol. The second-order valence-electron chi connectivity index (χ2n) is 9.51. The molecule has 4 aliphatic rings. The Labute approximate surface area is 175 Å². The Hall–Kier alpha value is -0.300. The SMILES string of the molecule is C[C@]12CC[C@H]3[C@@H](CCC4=CC(=O)CC[C@@]43CSSCC(O)CO)[C@@H]1CCC2=O. The fourth-order valence-corrected chi connectivity index (χ4v) is 9.57. The third-order valence-corrected chi connectivity index (χ3v) is 10.8. The molecule has 2 N–H and O–H groups in total. The van der Waals surface area contributed by atoms with Gasteiger partial charge in [-0.25, -0.2) is 0 Å². The van der Waals surface area contributed by atoms with Crippen LogP contribution in [0.4, 0.5) is 0 Å². The van der Waals surface area contributed by atoms with Gasteiger partial charge in [0.05, 0.1) is 12.7 Å². The summed E-state index contributed by atoms with van der Waals surface area (Å²) in [7, 11) is 3.42. The number of allylic oxidation sites excluding steroid dienone is 1. The molecule has 0 spiro atoms. The number of fused-ring (bicyclic) bond motifs is 5. The van der Waals surface area contributed by atoms with Crippen LogP contribution in [0.2, 0.25) is 0 Å². The van der Waals surface area contributed by atoms with Gasteiger partial charge < -0.3 is 10.2 Å². The molecule has 6 heteroatoms. The molecule has 28 heavy (non-hydrogen) atoms. The lowest BCUT2D eigenvalue weighted by molar-refractivity contribution is -0.132. The lowest BCUT2D eigenvalue weighted by Crippen LogP contribution is -2.52. The molecular formula is C22H32O4S2. The van der Waals surface area contributed by atoms with Crippen molar-refractivity contribution in [3.05, 3.63) is 11.6 Å². The lowest BCUT2D eigenvalue weighted by atomic mass is 9.47. The average molecular weight is 425 g/mol. The first-order valence-electron chi connectivity index (χ1n) is 10.7. The Morgan fingerprint density at radius 1 is 1.11 bits per heavy atom. The molecule has 0 aromatic carbocycles. The monoisotopic (exact) mass is 424 g/mol. The topological polar surface area (TPSA) is 74.6 Å². The summed E-state index contributed by atoms with van der Waals surface area (Å²) in [6.45, 7) is 2.02. The zero-order chi connectivity index (χ0) is 19.9. The zero-order valence-electron chi connectivity index (χ0n) is 16.7. The largest absolute Gasteiger partial charge is 0.394 e. The van der Waals surface area contributed by atoms with Gasteiger partial charge in [-0.15, -0.1) is 0 Å². The van der Waals surface area contributed by atoms with Gasteiger partial charge in [0.25, 0.3) is 0 Å². The van der Waals surface area contributed by atoms with Crippen molar-refractivity contribution in [3.8, 4) is 0 Å². The summed E-state index contributed by atoms with van der Waals surface area (Å²) in [6.07, 6.45) is 8.87. The first-order valence-corrected chi connectivity index (χ1v) is 13.2. The molecule has 3 saturated carbocycles. The van der Waals surface area contributed by atoms with Crippen LogP contribution in [-0.4, -0.2) is 46.0 Å². The van der Waals surface area contributed by atoms with Gasteiger partial charge in [-0.3, -0.25) is 9.59 Å². The van der Waals surface area contributed by atoms with Crippen molar-refractivity contribution < 1.29 is 19.8 Å². The van der Waals surface area contributed by atoms with E-state index in [4.69, 9.17) is 5.11 Å². The summed E-state index contributed by atoms with van der Waals surface area (Å²) in [4.78, 5) is 24.8. The first kappa shape index (κ1) is 21.0. The van der Waals surface area contributed by atoms with Crippen LogP contribution in [0.25, 0.3) is 0 Å². The molecule has 156 valence electrons. The van der Waals surface area contributed by atoms with E-state index in [2.05, 4.69) is 6.92 Å². The minimum atomic E-state index is -0.670. The molecular weight excluding hydrogens is 392 g/mol. The van der Waals surface area contributed by atoms with Crippen molar-refractivity contribution in [3.63, 3.8) is 0 Å². The van der Waals surface area contributed by atoms with E-state index in [1.807, 2.05) is 6.08 Å². The molecule has 6 atom stereocenters. The minimum absolute atomic E-state index is 0.0750. The number of hydrogen-bond acceptors (Lipinski definition) is 6. The maximum atomic E-state index is 12.6. The van der Waals surface area contributed by atoms with Crippen molar-refractivity contribution in [2.45, 2.75) is 64.4 Å². The number of ketones is 2. The average Bonchev–Trinajstić information content (AvgIpc) is 3.00. The van der Waals surface area contributed by atoms with E-state index in [0.717, 1.165) is 50.7 Å². The summed E-state index contributed by atoms with van der Waals surface area (Å²) in [5.74, 6) is 3.93. The Kier molecular flexibility index (Phi) is 6.05. The van der Waals surface area contributed by atoms with Crippen molar-refractivity contribution in [1.82, 2.24) is 0 Å². The van der Waals surface area contributed by atoms with E-state index in [0.29, 0.717) is 35.7 Å². The number of Topliss-reactive ketones (excluding diaryl/α,β-unsaturated/α-hetero) is 1. The van der Waals surface area contributed by atoms with Gasteiger partial charge in [0.15, 0.2) is 5.78 Å². The van der Waals surface area contributed by atoms with E-state index in [1.165, 1.54) is 5.57 Å². The smallest absolute Gasteiger partial charge is 0.155 e. The molecule has 4 rings (SSSR count). The van der Waals surface area contributed by atoms with Crippen LogP contribution < -0.4 is 0 Å². The van der Waals surface area contributed by atoms with Crippen LogP contribution in [0.1, 0.15) is 58.3 Å². The van der Waals surface area contributed by atoms with Crippen LogP contribution in [0.15, 0.2) is 11.6 Å². The van der Waals surface area contributed by atoms with Gasteiger partial charge >= 0.3 is 0 Å². The molecule has 0 aliphatic heterocycles. The summed E-state index contributed by atoms with van der Waals surface area (Å²) < 4.78 is 0. The first-order chi connectivity index (χ1) is 13.4. The van der Waals surface area contributed by atoms with Gasteiger partial charge in [-0.05, 0) is 62.4 Å². The zero-order valence-corrected chi connectivity index (χ0v) is 18.3. The molecule has 0 amide bonds. The Morgan fingerprint density at radius 2 is 1.93 bits per heavy atom.